The summed E-state index contributed by atoms with van der Waals surface area (Å²) in [4.78, 5) is 17.1. The zero-order valence-corrected chi connectivity index (χ0v) is 15.4. The third-order valence-electron chi connectivity index (χ3n) is 4.12. The number of hydrogen-bond acceptors (Lipinski definition) is 6. The van der Waals surface area contributed by atoms with Gasteiger partial charge < -0.3 is 5.32 Å². The second-order valence-electron chi connectivity index (χ2n) is 5.93. The molecule has 0 radical (unpaired) electrons. The second-order valence-corrected chi connectivity index (χ2v) is 8.76. The first kappa shape index (κ1) is 16.9. The number of Topliss-reactive ketones (excluding diaryl/α,β-unsaturated/α-hetero) is 1. The molecule has 4 rings (SSSR count). The fourth-order valence-electron chi connectivity index (χ4n) is 2.91. The number of para-hydroxylation sites is 1. The highest BCUT2D eigenvalue weighted by Crippen LogP contribution is 2.35. The molecule has 0 saturated heterocycles. The molecule has 0 amide bonds. The molecule has 0 spiro atoms. The van der Waals surface area contributed by atoms with Gasteiger partial charge in [-0.05, 0) is 12.1 Å². The monoisotopic (exact) mass is 385 g/mol. The van der Waals surface area contributed by atoms with Crippen molar-refractivity contribution in [1.29, 1.82) is 0 Å². The Morgan fingerprint density at radius 1 is 1.23 bits per heavy atom. The topological polar surface area (TPSA) is 81.1 Å². The van der Waals surface area contributed by atoms with Crippen molar-refractivity contribution < 1.29 is 13.2 Å². The number of allylic oxidation sites excluding steroid dienone is 1. The summed E-state index contributed by atoms with van der Waals surface area (Å²) in [5.74, 6) is -0.234. The second kappa shape index (κ2) is 6.30. The molecule has 1 aliphatic heterocycles. The van der Waals surface area contributed by atoms with Crippen molar-refractivity contribution in [2.45, 2.75) is 5.37 Å². The van der Waals surface area contributed by atoms with Gasteiger partial charge in [-0.1, -0.05) is 24.3 Å². The van der Waals surface area contributed by atoms with Gasteiger partial charge in [-0.15, -0.1) is 11.8 Å². The lowest BCUT2D eigenvalue weighted by molar-refractivity contribution is 0.102. The number of nitrogens with one attached hydrogen (secondary N) is 1. The average molecular weight is 385 g/mol. The molecule has 0 bridgehead atoms. The molecule has 2 aromatic heterocycles. The van der Waals surface area contributed by atoms with Crippen LogP contribution in [-0.4, -0.2) is 29.4 Å². The quantitative estimate of drug-likeness (QED) is 0.696. The largest absolute Gasteiger partial charge is 0.366 e. The molecule has 1 unspecified atom stereocenters. The fraction of sp³-hybridized carbons (Fsp3) is 0.111. The van der Waals surface area contributed by atoms with Crippen LogP contribution in [0.2, 0.25) is 0 Å². The first-order valence-corrected chi connectivity index (χ1v) is 10.6. The number of carbonyl (C=O) groups excluding carboxylic acids is 1. The van der Waals surface area contributed by atoms with Crippen molar-refractivity contribution in [1.82, 2.24) is 14.3 Å². The highest BCUT2D eigenvalue weighted by atomic mass is 32.2. The van der Waals surface area contributed by atoms with Crippen molar-refractivity contribution in [3.05, 3.63) is 77.2 Å². The summed E-state index contributed by atoms with van der Waals surface area (Å²) in [7, 11) is -3.51. The van der Waals surface area contributed by atoms with E-state index in [9.17, 15) is 13.2 Å². The van der Waals surface area contributed by atoms with E-state index in [0.29, 0.717) is 22.2 Å². The van der Waals surface area contributed by atoms with Crippen LogP contribution in [0.5, 0.6) is 0 Å². The number of ketones is 1. The number of carbonyl (C=O) groups is 1. The molecular formula is C18H15N3O3S2. The lowest BCUT2D eigenvalue weighted by Crippen LogP contribution is -2.19. The minimum atomic E-state index is -3.51. The predicted octanol–water partition coefficient (Wildman–Crippen LogP) is 2.90. The molecule has 6 nitrogen and oxygen atoms in total. The Hall–Kier alpha value is -2.58. The molecule has 0 fully saturated rings. The Morgan fingerprint density at radius 3 is 2.77 bits per heavy atom. The van der Waals surface area contributed by atoms with E-state index in [1.807, 2.05) is 12.1 Å². The van der Waals surface area contributed by atoms with E-state index in [1.54, 1.807) is 42.1 Å². The fourth-order valence-corrected chi connectivity index (χ4v) is 4.66. The number of nitrogens with zero attached hydrogens (tertiary/aromatic N) is 2. The van der Waals surface area contributed by atoms with Crippen LogP contribution in [-0.2, 0) is 10.0 Å². The Labute approximate surface area is 155 Å². The Morgan fingerprint density at radius 2 is 2.04 bits per heavy atom. The van der Waals surface area contributed by atoms with E-state index in [1.165, 1.54) is 18.0 Å². The minimum absolute atomic E-state index is 0.0918. The van der Waals surface area contributed by atoms with Gasteiger partial charge in [-0.2, -0.15) is 0 Å². The third-order valence-corrected chi connectivity index (χ3v) is 6.17. The summed E-state index contributed by atoms with van der Waals surface area (Å²) in [5.41, 5.74) is 2.26. The van der Waals surface area contributed by atoms with Gasteiger partial charge in [0.15, 0.2) is 0 Å². The lowest BCUT2D eigenvalue weighted by atomic mass is 10.1. The van der Waals surface area contributed by atoms with Crippen LogP contribution < -0.4 is 5.32 Å². The van der Waals surface area contributed by atoms with Crippen molar-refractivity contribution in [3.8, 4) is 0 Å². The SMILES string of the molecule is CS(=O)(=O)n1cc(C(=O)C2=CSC(c3cccnc3)N2)c2ccccc21. The van der Waals surface area contributed by atoms with E-state index in [-0.39, 0.29) is 11.2 Å². The maximum Gasteiger partial charge on any atom is 0.236 e. The summed E-state index contributed by atoms with van der Waals surface area (Å²) in [6.45, 7) is 0. The minimum Gasteiger partial charge on any atom is -0.366 e. The summed E-state index contributed by atoms with van der Waals surface area (Å²) >= 11 is 1.49. The molecular weight excluding hydrogens is 370 g/mol. The summed E-state index contributed by atoms with van der Waals surface area (Å²) in [6, 6.07) is 10.8. The molecule has 26 heavy (non-hydrogen) atoms. The normalized spacial score (nSPS) is 17.1. The zero-order chi connectivity index (χ0) is 18.3. The molecule has 1 atom stereocenters. The standard InChI is InChI=1S/C18H15N3O3S2/c1-26(23,24)21-10-14(13-6-2-3-7-16(13)21)17(22)15-11-25-18(20-15)12-5-4-8-19-9-12/h2-11,18,20H,1H3. The highest BCUT2D eigenvalue weighted by Gasteiger charge is 2.27. The van der Waals surface area contributed by atoms with Gasteiger partial charge >= 0.3 is 0 Å². The van der Waals surface area contributed by atoms with Gasteiger partial charge in [0.1, 0.15) is 5.37 Å². The van der Waals surface area contributed by atoms with Crippen molar-refractivity contribution in [3.63, 3.8) is 0 Å². The van der Waals surface area contributed by atoms with Crippen molar-refractivity contribution in [2.75, 3.05) is 6.26 Å². The molecule has 3 aromatic rings. The van der Waals surface area contributed by atoms with Crippen LogP contribution in [0.15, 0.2) is 66.1 Å². The van der Waals surface area contributed by atoms with E-state index in [4.69, 9.17) is 0 Å². The number of fused-ring (bicyclic) bond motifs is 1. The van der Waals surface area contributed by atoms with Crippen molar-refractivity contribution >= 4 is 38.5 Å². The molecule has 0 aliphatic carbocycles. The molecule has 8 heteroatoms. The summed E-state index contributed by atoms with van der Waals surface area (Å²) in [5, 5.41) is 5.48. The van der Waals surface area contributed by atoms with E-state index in [2.05, 4.69) is 10.3 Å². The first-order chi connectivity index (χ1) is 12.4. The highest BCUT2D eigenvalue weighted by molar-refractivity contribution is 8.02. The molecule has 0 saturated carbocycles. The molecule has 1 aliphatic rings. The number of benzene rings is 1. The first-order valence-electron chi connectivity index (χ1n) is 7.82. The van der Waals surface area contributed by atoms with Gasteiger partial charge in [-0.25, -0.2) is 12.4 Å². The molecule has 132 valence electrons. The number of thioether (sulfide) groups is 1. The average Bonchev–Trinajstić information content (AvgIpc) is 3.27. The van der Waals surface area contributed by atoms with Crippen LogP contribution >= 0.6 is 11.8 Å². The number of rotatable bonds is 4. The number of hydrogen-bond donors (Lipinski definition) is 1. The maximum absolute atomic E-state index is 13.0. The van der Waals surface area contributed by atoms with E-state index >= 15 is 0 Å². The Balaban J connectivity index is 1.70. The van der Waals surface area contributed by atoms with Gasteiger partial charge in [0.25, 0.3) is 0 Å². The van der Waals surface area contributed by atoms with Crippen LogP contribution in [0.25, 0.3) is 10.9 Å². The number of aromatic nitrogens is 2. The van der Waals surface area contributed by atoms with Crippen LogP contribution in [0.3, 0.4) is 0 Å². The molecule has 1 N–H and O–H groups in total. The lowest BCUT2D eigenvalue weighted by Gasteiger charge is -2.11. The number of pyridine rings is 1. The zero-order valence-electron chi connectivity index (χ0n) is 13.8. The smallest absolute Gasteiger partial charge is 0.236 e. The van der Waals surface area contributed by atoms with Crippen LogP contribution in [0.1, 0.15) is 21.3 Å². The van der Waals surface area contributed by atoms with E-state index in [0.717, 1.165) is 15.8 Å². The third kappa shape index (κ3) is 2.91. The van der Waals surface area contributed by atoms with Gasteiger partial charge in [0.2, 0.25) is 15.8 Å². The van der Waals surface area contributed by atoms with Gasteiger partial charge in [0.05, 0.1) is 23.0 Å². The molecule has 1 aromatic carbocycles. The molecule has 3 heterocycles. The maximum atomic E-state index is 13.0. The van der Waals surface area contributed by atoms with Gasteiger partial charge in [0, 0.05) is 34.9 Å². The summed E-state index contributed by atoms with van der Waals surface area (Å²) < 4.78 is 25.3. The Bertz CT molecular complexity index is 1130. The van der Waals surface area contributed by atoms with Crippen molar-refractivity contribution in [2.24, 2.45) is 0 Å². The van der Waals surface area contributed by atoms with E-state index < -0.39 is 10.0 Å². The van der Waals surface area contributed by atoms with Crippen LogP contribution in [0, 0.1) is 0 Å². The summed E-state index contributed by atoms with van der Waals surface area (Å²) in [6.07, 6.45) is 5.96. The van der Waals surface area contributed by atoms with Crippen LogP contribution in [0.4, 0.5) is 0 Å². The van der Waals surface area contributed by atoms with Gasteiger partial charge in [-0.3, -0.25) is 9.78 Å². The Kier molecular flexibility index (Phi) is 4.08. The predicted molar refractivity (Wildman–Crippen MR) is 102 cm³/mol.